The summed E-state index contributed by atoms with van der Waals surface area (Å²) in [5, 5.41) is 2.83. The van der Waals surface area contributed by atoms with Crippen molar-refractivity contribution in [2.24, 2.45) is 0 Å². The minimum Gasteiger partial charge on any atom is -0.398 e. The molecule has 0 atom stereocenters. The molecule has 0 radical (unpaired) electrons. The SMILES string of the molecule is CC1(NC(=O)c2cc(F)ccc2N)CC1. The Balaban J connectivity index is 2.21. The third kappa shape index (κ3) is 2.09. The van der Waals surface area contributed by atoms with Crippen LogP contribution in [0.1, 0.15) is 30.1 Å². The second-order valence-electron chi connectivity index (χ2n) is 4.25. The van der Waals surface area contributed by atoms with Crippen molar-refractivity contribution in [1.29, 1.82) is 0 Å². The first-order valence-corrected chi connectivity index (χ1v) is 4.88. The summed E-state index contributed by atoms with van der Waals surface area (Å²) < 4.78 is 12.9. The van der Waals surface area contributed by atoms with Gasteiger partial charge in [-0.05, 0) is 38.0 Å². The molecule has 0 heterocycles. The van der Waals surface area contributed by atoms with Crippen LogP contribution in [0, 0.1) is 5.82 Å². The van der Waals surface area contributed by atoms with Gasteiger partial charge in [0.15, 0.2) is 0 Å². The van der Waals surface area contributed by atoms with E-state index in [2.05, 4.69) is 5.32 Å². The molecule has 0 bridgehead atoms. The molecule has 3 nitrogen and oxygen atoms in total. The molecular weight excluding hydrogens is 195 g/mol. The maximum absolute atomic E-state index is 12.9. The third-order valence-corrected chi connectivity index (χ3v) is 2.68. The largest absolute Gasteiger partial charge is 0.398 e. The summed E-state index contributed by atoms with van der Waals surface area (Å²) in [6, 6.07) is 3.81. The molecule has 15 heavy (non-hydrogen) atoms. The molecule has 1 aliphatic carbocycles. The van der Waals surface area contributed by atoms with Crippen molar-refractivity contribution in [3.05, 3.63) is 29.6 Å². The molecule has 0 aliphatic heterocycles. The number of carbonyl (C=O) groups excluding carboxylic acids is 1. The van der Waals surface area contributed by atoms with Gasteiger partial charge in [0.05, 0.1) is 5.56 Å². The number of nitrogen functional groups attached to an aromatic ring is 1. The van der Waals surface area contributed by atoms with Crippen LogP contribution in [0.25, 0.3) is 0 Å². The standard InChI is InChI=1S/C11H13FN2O/c1-11(4-5-11)14-10(15)8-6-7(12)2-3-9(8)13/h2-3,6H,4-5,13H2,1H3,(H,14,15). The maximum Gasteiger partial charge on any atom is 0.253 e. The zero-order valence-electron chi connectivity index (χ0n) is 8.51. The molecule has 2 rings (SSSR count). The van der Waals surface area contributed by atoms with Crippen LogP contribution in [0.2, 0.25) is 0 Å². The average Bonchev–Trinajstić information content (AvgIpc) is 2.87. The number of hydrogen-bond donors (Lipinski definition) is 2. The number of anilines is 1. The summed E-state index contributed by atoms with van der Waals surface area (Å²) in [6.45, 7) is 1.96. The molecule has 4 heteroatoms. The van der Waals surface area contributed by atoms with E-state index < -0.39 is 5.82 Å². The zero-order valence-corrected chi connectivity index (χ0v) is 8.51. The molecule has 1 fully saturated rings. The highest BCUT2D eigenvalue weighted by Crippen LogP contribution is 2.34. The van der Waals surface area contributed by atoms with Crippen LogP contribution < -0.4 is 11.1 Å². The Bertz CT molecular complexity index is 413. The molecule has 1 saturated carbocycles. The molecule has 1 amide bonds. The monoisotopic (exact) mass is 208 g/mol. The topological polar surface area (TPSA) is 55.1 Å². The van der Waals surface area contributed by atoms with Crippen LogP contribution >= 0.6 is 0 Å². The van der Waals surface area contributed by atoms with E-state index >= 15 is 0 Å². The van der Waals surface area contributed by atoms with Crippen LogP contribution in [-0.2, 0) is 0 Å². The lowest BCUT2D eigenvalue weighted by Gasteiger charge is -2.12. The van der Waals surface area contributed by atoms with Gasteiger partial charge in [0, 0.05) is 11.2 Å². The Labute approximate surface area is 87.5 Å². The Morgan fingerprint density at radius 3 is 2.80 bits per heavy atom. The number of rotatable bonds is 2. The summed E-state index contributed by atoms with van der Waals surface area (Å²) in [5.74, 6) is -0.748. The van der Waals surface area contributed by atoms with Gasteiger partial charge in [-0.1, -0.05) is 0 Å². The Morgan fingerprint density at radius 2 is 2.20 bits per heavy atom. The van der Waals surface area contributed by atoms with E-state index in [0.717, 1.165) is 18.9 Å². The number of nitrogens with two attached hydrogens (primary N) is 1. The number of hydrogen-bond acceptors (Lipinski definition) is 2. The van der Waals surface area contributed by atoms with Crippen LogP contribution in [-0.4, -0.2) is 11.4 Å². The van der Waals surface area contributed by atoms with Crippen molar-refractivity contribution >= 4 is 11.6 Å². The van der Waals surface area contributed by atoms with E-state index in [-0.39, 0.29) is 17.0 Å². The minimum atomic E-state index is -0.449. The van der Waals surface area contributed by atoms with E-state index in [9.17, 15) is 9.18 Å². The van der Waals surface area contributed by atoms with Crippen molar-refractivity contribution < 1.29 is 9.18 Å². The first kappa shape index (κ1) is 9.96. The number of benzene rings is 1. The molecule has 0 aromatic heterocycles. The predicted molar refractivity (Wildman–Crippen MR) is 55.9 cm³/mol. The van der Waals surface area contributed by atoms with E-state index in [0.29, 0.717) is 5.69 Å². The van der Waals surface area contributed by atoms with Crippen molar-refractivity contribution in [2.45, 2.75) is 25.3 Å². The van der Waals surface area contributed by atoms with Gasteiger partial charge in [-0.3, -0.25) is 4.79 Å². The normalized spacial score (nSPS) is 17.2. The van der Waals surface area contributed by atoms with Crippen molar-refractivity contribution in [2.75, 3.05) is 5.73 Å². The molecule has 1 aromatic rings. The number of nitrogens with one attached hydrogen (secondary N) is 1. The minimum absolute atomic E-state index is 0.115. The van der Waals surface area contributed by atoms with Crippen LogP contribution in [0.5, 0.6) is 0 Å². The van der Waals surface area contributed by atoms with Crippen LogP contribution in [0.15, 0.2) is 18.2 Å². The molecular formula is C11H13FN2O. The van der Waals surface area contributed by atoms with Gasteiger partial charge in [-0.2, -0.15) is 0 Å². The highest BCUT2D eigenvalue weighted by atomic mass is 19.1. The van der Waals surface area contributed by atoms with E-state index in [4.69, 9.17) is 5.73 Å². The maximum atomic E-state index is 12.9. The van der Waals surface area contributed by atoms with Crippen molar-refractivity contribution in [3.63, 3.8) is 0 Å². The number of carbonyl (C=O) groups is 1. The Morgan fingerprint density at radius 1 is 1.53 bits per heavy atom. The van der Waals surface area contributed by atoms with Crippen molar-refractivity contribution in [1.82, 2.24) is 5.32 Å². The van der Waals surface area contributed by atoms with E-state index in [1.165, 1.54) is 12.1 Å². The first-order valence-electron chi connectivity index (χ1n) is 4.88. The lowest BCUT2D eigenvalue weighted by molar-refractivity contribution is 0.0936. The third-order valence-electron chi connectivity index (χ3n) is 2.68. The molecule has 1 aliphatic rings. The molecule has 0 spiro atoms. The van der Waals surface area contributed by atoms with Gasteiger partial charge in [0.25, 0.3) is 5.91 Å². The summed E-state index contributed by atoms with van der Waals surface area (Å²) in [4.78, 5) is 11.7. The summed E-state index contributed by atoms with van der Waals surface area (Å²) in [6.07, 6.45) is 1.93. The summed E-state index contributed by atoms with van der Waals surface area (Å²) in [7, 11) is 0. The fourth-order valence-corrected chi connectivity index (χ4v) is 1.38. The molecule has 80 valence electrons. The van der Waals surface area contributed by atoms with Gasteiger partial charge in [-0.15, -0.1) is 0 Å². The zero-order chi connectivity index (χ0) is 11.1. The fraction of sp³-hybridized carbons (Fsp3) is 0.364. The van der Waals surface area contributed by atoms with Gasteiger partial charge in [0.1, 0.15) is 5.82 Å². The van der Waals surface area contributed by atoms with Gasteiger partial charge in [-0.25, -0.2) is 4.39 Å². The second-order valence-corrected chi connectivity index (χ2v) is 4.25. The van der Waals surface area contributed by atoms with Crippen LogP contribution in [0.4, 0.5) is 10.1 Å². The average molecular weight is 208 g/mol. The van der Waals surface area contributed by atoms with Gasteiger partial charge in [0.2, 0.25) is 0 Å². The number of halogens is 1. The fourth-order valence-electron chi connectivity index (χ4n) is 1.38. The summed E-state index contributed by atoms with van der Waals surface area (Å²) in [5.41, 5.74) is 6.00. The Kier molecular flexibility index (Phi) is 2.14. The highest BCUT2D eigenvalue weighted by Gasteiger charge is 2.39. The van der Waals surface area contributed by atoms with Crippen molar-refractivity contribution in [3.8, 4) is 0 Å². The molecule has 1 aromatic carbocycles. The molecule has 0 unspecified atom stereocenters. The first-order chi connectivity index (χ1) is 7.00. The number of amides is 1. The summed E-state index contributed by atoms with van der Waals surface area (Å²) >= 11 is 0. The van der Waals surface area contributed by atoms with Gasteiger partial charge < -0.3 is 11.1 Å². The molecule has 0 saturated heterocycles. The van der Waals surface area contributed by atoms with E-state index in [1.54, 1.807) is 0 Å². The lowest BCUT2D eigenvalue weighted by Crippen LogP contribution is -2.34. The molecule has 3 N–H and O–H groups in total. The smallest absolute Gasteiger partial charge is 0.253 e. The quantitative estimate of drug-likeness (QED) is 0.727. The predicted octanol–water partition coefficient (Wildman–Crippen LogP) is 1.69. The Hall–Kier alpha value is -1.58. The van der Waals surface area contributed by atoms with E-state index in [1.807, 2.05) is 6.92 Å². The highest BCUT2D eigenvalue weighted by molar-refractivity contribution is 5.99. The lowest BCUT2D eigenvalue weighted by atomic mass is 10.1. The van der Waals surface area contributed by atoms with Gasteiger partial charge >= 0.3 is 0 Å². The van der Waals surface area contributed by atoms with Crippen LogP contribution in [0.3, 0.4) is 0 Å². The second kappa shape index (κ2) is 3.22.